The molecule has 3 aromatic rings. The standard InChI is InChI=1S/C24H26ClNO2/c1-3-27-23-15-20(16-26-18(2)21-12-8-5-9-13-21)14-22(25)24(23)28-17-19-10-6-4-7-11-19/h4-15,18,26H,3,16-17H2,1-2H3/t18-/m0/s1. The van der Waals surface area contributed by atoms with E-state index in [9.17, 15) is 0 Å². The largest absolute Gasteiger partial charge is 0.490 e. The van der Waals surface area contributed by atoms with Gasteiger partial charge in [-0.25, -0.2) is 0 Å². The number of hydrogen-bond acceptors (Lipinski definition) is 3. The molecule has 28 heavy (non-hydrogen) atoms. The zero-order valence-electron chi connectivity index (χ0n) is 16.3. The van der Waals surface area contributed by atoms with E-state index in [1.807, 2.05) is 55.5 Å². The molecular weight excluding hydrogens is 370 g/mol. The van der Waals surface area contributed by atoms with Crippen LogP contribution in [0.2, 0.25) is 5.02 Å². The summed E-state index contributed by atoms with van der Waals surface area (Å²) in [5.41, 5.74) is 3.40. The molecule has 0 saturated heterocycles. The molecule has 0 fully saturated rings. The summed E-state index contributed by atoms with van der Waals surface area (Å²) >= 11 is 6.54. The van der Waals surface area contributed by atoms with Gasteiger partial charge in [0.2, 0.25) is 0 Å². The Hall–Kier alpha value is -2.49. The SMILES string of the molecule is CCOc1cc(CN[C@@H](C)c2ccccc2)cc(Cl)c1OCc1ccccc1. The van der Waals surface area contributed by atoms with Gasteiger partial charge in [0.1, 0.15) is 6.61 Å². The van der Waals surface area contributed by atoms with Crippen LogP contribution in [0.1, 0.15) is 36.6 Å². The van der Waals surface area contributed by atoms with Crippen LogP contribution >= 0.6 is 11.6 Å². The van der Waals surface area contributed by atoms with Crippen molar-refractivity contribution in [3.63, 3.8) is 0 Å². The van der Waals surface area contributed by atoms with Crippen LogP contribution in [0.5, 0.6) is 11.5 Å². The topological polar surface area (TPSA) is 30.5 Å². The summed E-state index contributed by atoms with van der Waals surface area (Å²) in [5.74, 6) is 1.27. The fourth-order valence-electron chi connectivity index (χ4n) is 2.99. The maximum Gasteiger partial charge on any atom is 0.180 e. The molecule has 1 atom stereocenters. The van der Waals surface area contributed by atoms with E-state index in [2.05, 4.69) is 36.5 Å². The third kappa shape index (κ3) is 5.51. The van der Waals surface area contributed by atoms with E-state index < -0.39 is 0 Å². The van der Waals surface area contributed by atoms with Gasteiger partial charge in [0.05, 0.1) is 11.6 Å². The summed E-state index contributed by atoms with van der Waals surface area (Å²) in [7, 11) is 0. The van der Waals surface area contributed by atoms with Crippen molar-refractivity contribution in [1.29, 1.82) is 0 Å². The van der Waals surface area contributed by atoms with Crippen LogP contribution in [-0.4, -0.2) is 6.61 Å². The molecule has 0 spiro atoms. The predicted octanol–water partition coefficient (Wildman–Crippen LogP) is 6.17. The molecule has 3 rings (SSSR count). The molecule has 0 radical (unpaired) electrons. The molecule has 1 N–H and O–H groups in total. The van der Waals surface area contributed by atoms with Gasteiger partial charge in [-0.15, -0.1) is 0 Å². The van der Waals surface area contributed by atoms with E-state index in [4.69, 9.17) is 21.1 Å². The Morgan fingerprint density at radius 2 is 1.57 bits per heavy atom. The van der Waals surface area contributed by atoms with Crippen LogP contribution in [0.25, 0.3) is 0 Å². The molecule has 0 aromatic heterocycles. The molecule has 0 heterocycles. The van der Waals surface area contributed by atoms with Crippen LogP contribution < -0.4 is 14.8 Å². The zero-order valence-corrected chi connectivity index (χ0v) is 17.1. The molecule has 3 aromatic carbocycles. The highest BCUT2D eigenvalue weighted by atomic mass is 35.5. The predicted molar refractivity (Wildman–Crippen MR) is 115 cm³/mol. The second-order valence-corrected chi connectivity index (χ2v) is 7.03. The number of rotatable bonds is 9. The van der Waals surface area contributed by atoms with Crippen molar-refractivity contribution in [2.75, 3.05) is 6.61 Å². The van der Waals surface area contributed by atoms with Crippen molar-refractivity contribution in [3.8, 4) is 11.5 Å². The highest BCUT2D eigenvalue weighted by Crippen LogP contribution is 2.37. The lowest BCUT2D eigenvalue weighted by molar-refractivity contribution is 0.269. The number of benzene rings is 3. The second kappa shape index (κ2) is 10.2. The van der Waals surface area contributed by atoms with E-state index in [0.717, 1.165) is 11.1 Å². The highest BCUT2D eigenvalue weighted by molar-refractivity contribution is 6.32. The van der Waals surface area contributed by atoms with Gasteiger partial charge in [-0.3, -0.25) is 0 Å². The van der Waals surface area contributed by atoms with E-state index in [1.54, 1.807) is 0 Å². The minimum Gasteiger partial charge on any atom is -0.490 e. The molecule has 0 saturated carbocycles. The summed E-state index contributed by atoms with van der Waals surface area (Å²) in [6, 6.07) is 24.6. The van der Waals surface area contributed by atoms with E-state index in [0.29, 0.717) is 36.3 Å². The van der Waals surface area contributed by atoms with Crippen LogP contribution in [-0.2, 0) is 13.2 Å². The van der Waals surface area contributed by atoms with Crippen molar-refractivity contribution in [3.05, 3.63) is 94.5 Å². The Morgan fingerprint density at radius 3 is 2.25 bits per heavy atom. The Labute approximate surface area is 172 Å². The van der Waals surface area contributed by atoms with Crippen molar-refractivity contribution in [2.24, 2.45) is 0 Å². The van der Waals surface area contributed by atoms with Gasteiger partial charge in [-0.2, -0.15) is 0 Å². The quantitative estimate of drug-likeness (QED) is 0.470. The Kier molecular flexibility index (Phi) is 7.35. The Morgan fingerprint density at radius 1 is 0.893 bits per heavy atom. The minimum absolute atomic E-state index is 0.240. The minimum atomic E-state index is 0.240. The van der Waals surface area contributed by atoms with Crippen molar-refractivity contribution in [2.45, 2.75) is 33.0 Å². The maximum atomic E-state index is 6.54. The summed E-state index contributed by atoms with van der Waals surface area (Å²) in [6.07, 6.45) is 0. The maximum absolute atomic E-state index is 6.54. The fourth-order valence-corrected chi connectivity index (χ4v) is 3.27. The fraction of sp³-hybridized carbons (Fsp3) is 0.250. The number of hydrogen-bond donors (Lipinski definition) is 1. The van der Waals surface area contributed by atoms with Gasteiger partial charge in [0.15, 0.2) is 11.5 Å². The number of nitrogens with one attached hydrogen (secondary N) is 1. The first-order chi connectivity index (χ1) is 13.7. The average molecular weight is 396 g/mol. The Balaban J connectivity index is 1.71. The molecular formula is C24H26ClNO2. The first-order valence-corrected chi connectivity index (χ1v) is 9.95. The molecule has 0 aliphatic carbocycles. The Bertz CT molecular complexity index is 869. The van der Waals surface area contributed by atoms with Gasteiger partial charge in [0, 0.05) is 12.6 Å². The van der Waals surface area contributed by atoms with Crippen LogP contribution in [0, 0.1) is 0 Å². The lowest BCUT2D eigenvalue weighted by Crippen LogP contribution is -2.18. The average Bonchev–Trinajstić information content (AvgIpc) is 2.73. The summed E-state index contributed by atoms with van der Waals surface area (Å²) < 4.78 is 11.8. The van der Waals surface area contributed by atoms with Crippen LogP contribution in [0.4, 0.5) is 0 Å². The molecule has 146 valence electrons. The van der Waals surface area contributed by atoms with Gasteiger partial charge >= 0.3 is 0 Å². The van der Waals surface area contributed by atoms with E-state index >= 15 is 0 Å². The van der Waals surface area contributed by atoms with Gasteiger partial charge in [0.25, 0.3) is 0 Å². The van der Waals surface area contributed by atoms with Gasteiger partial charge < -0.3 is 14.8 Å². The van der Waals surface area contributed by atoms with Crippen LogP contribution in [0.15, 0.2) is 72.8 Å². The summed E-state index contributed by atoms with van der Waals surface area (Å²) in [6.45, 7) is 5.79. The highest BCUT2D eigenvalue weighted by Gasteiger charge is 2.14. The van der Waals surface area contributed by atoms with Crippen molar-refractivity contribution in [1.82, 2.24) is 5.32 Å². The van der Waals surface area contributed by atoms with E-state index in [-0.39, 0.29) is 6.04 Å². The summed E-state index contributed by atoms with van der Waals surface area (Å²) in [4.78, 5) is 0. The molecule has 3 nitrogen and oxygen atoms in total. The first kappa shape index (κ1) is 20.2. The third-order valence-corrected chi connectivity index (χ3v) is 4.79. The molecule has 0 bridgehead atoms. The van der Waals surface area contributed by atoms with Crippen molar-refractivity contribution >= 4 is 11.6 Å². The molecule has 4 heteroatoms. The summed E-state index contributed by atoms with van der Waals surface area (Å²) in [5, 5.41) is 4.10. The lowest BCUT2D eigenvalue weighted by atomic mass is 10.1. The molecule has 0 unspecified atom stereocenters. The smallest absolute Gasteiger partial charge is 0.180 e. The monoisotopic (exact) mass is 395 g/mol. The van der Waals surface area contributed by atoms with Gasteiger partial charge in [-0.05, 0) is 42.7 Å². The van der Waals surface area contributed by atoms with E-state index in [1.165, 1.54) is 5.56 Å². The normalized spacial score (nSPS) is 11.8. The number of ether oxygens (including phenoxy) is 2. The second-order valence-electron chi connectivity index (χ2n) is 6.63. The van der Waals surface area contributed by atoms with Crippen molar-refractivity contribution < 1.29 is 9.47 Å². The molecule has 0 amide bonds. The molecule has 0 aliphatic rings. The third-order valence-electron chi connectivity index (χ3n) is 4.51. The molecule has 0 aliphatic heterocycles. The zero-order chi connectivity index (χ0) is 19.8. The number of halogens is 1. The van der Waals surface area contributed by atoms with Crippen LogP contribution in [0.3, 0.4) is 0 Å². The first-order valence-electron chi connectivity index (χ1n) is 9.57. The van der Waals surface area contributed by atoms with Gasteiger partial charge in [-0.1, -0.05) is 72.3 Å². The lowest BCUT2D eigenvalue weighted by Gasteiger charge is -2.17.